The number of benzene rings is 2. The molecule has 31 heavy (non-hydrogen) atoms. The summed E-state index contributed by atoms with van der Waals surface area (Å²) in [4.78, 5) is 27.8. The van der Waals surface area contributed by atoms with Crippen molar-refractivity contribution in [3.05, 3.63) is 81.6 Å². The van der Waals surface area contributed by atoms with Gasteiger partial charge in [-0.1, -0.05) is 41.2 Å². The van der Waals surface area contributed by atoms with Gasteiger partial charge in [0.15, 0.2) is 0 Å². The van der Waals surface area contributed by atoms with E-state index in [0.717, 1.165) is 26.9 Å². The van der Waals surface area contributed by atoms with Crippen molar-refractivity contribution < 1.29 is 18.9 Å². The van der Waals surface area contributed by atoms with E-state index in [-0.39, 0.29) is 10.9 Å². The molecule has 0 saturated heterocycles. The van der Waals surface area contributed by atoms with Crippen molar-refractivity contribution >= 4 is 44.7 Å². The maximum Gasteiger partial charge on any atom is 0.433 e. The molecule has 0 saturated carbocycles. The molecule has 0 radical (unpaired) electrons. The number of fused-ring (bicyclic) bond motifs is 1. The average molecular weight is 436 g/mol. The minimum atomic E-state index is -0.708. The SMILES string of the molecule is COc1ccc2nc(N(/N=C/c3ccc(C)cc3)C(=O)c3ccc([N+](=O)[O-])o3)sc2c1. The summed E-state index contributed by atoms with van der Waals surface area (Å²) in [7, 11) is 1.56. The van der Waals surface area contributed by atoms with Gasteiger partial charge >= 0.3 is 11.8 Å². The zero-order valence-corrected chi connectivity index (χ0v) is 17.3. The van der Waals surface area contributed by atoms with E-state index in [1.807, 2.05) is 31.2 Å². The van der Waals surface area contributed by atoms with Crippen molar-refractivity contribution in [2.75, 3.05) is 12.1 Å². The number of hydrogen-bond donors (Lipinski definition) is 0. The van der Waals surface area contributed by atoms with Crippen molar-refractivity contribution in [3.8, 4) is 5.75 Å². The molecule has 4 rings (SSSR count). The average Bonchev–Trinajstić information content (AvgIpc) is 3.42. The van der Waals surface area contributed by atoms with Crippen molar-refractivity contribution in [1.29, 1.82) is 0 Å². The fraction of sp³-hybridized carbons (Fsp3) is 0.0952. The van der Waals surface area contributed by atoms with Gasteiger partial charge in [0.1, 0.15) is 10.7 Å². The molecule has 0 aliphatic carbocycles. The maximum absolute atomic E-state index is 13.1. The molecule has 4 aromatic rings. The number of amides is 1. The molecule has 0 aliphatic rings. The van der Waals surface area contributed by atoms with Crippen LogP contribution >= 0.6 is 11.3 Å². The maximum atomic E-state index is 13.1. The van der Waals surface area contributed by atoms with Crippen LogP contribution in [0.2, 0.25) is 0 Å². The van der Waals surface area contributed by atoms with Gasteiger partial charge in [-0.25, -0.2) is 4.98 Å². The number of aromatic nitrogens is 1. The van der Waals surface area contributed by atoms with Crippen LogP contribution in [0.5, 0.6) is 5.75 Å². The van der Waals surface area contributed by atoms with Gasteiger partial charge in [-0.3, -0.25) is 14.9 Å². The highest BCUT2D eigenvalue weighted by molar-refractivity contribution is 7.22. The van der Waals surface area contributed by atoms with E-state index in [2.05, 4.69) is 10.1 Å². The summed E-state index contributed by atoms with van der Waals surface area (Å²) in [5.74, 6) is -0.766. The lowest BCUT2D eigenvalue weighted by atomic mass is 10.2. The topological polar surface area (TPSA) is 111 Å². The zero-order chi connectivity index (χ0) is 22.0. The third-order valence-corrected chi connectivity index (χ3v) is 5.33. The second-order valence-corrected chi connectivity index (χ2v) is 7.51. The second-order valence-electron chi connectivity index (χ2n) is 6.50. The van der Waals surface area contributed by atoms with Crippen LogP contribution in [0.1, 0.15) is 21.7 Å². The number of carbonyl (C=O) groups excluding carboxylic acids is 1. The van der Waals surface area contributed by atoms with Crippen LogP contribution in [-0.4, -0.2) is 29.1 Å². The number of methoxy groups -OCH3 is 1. The third kappa shape index (κ3) is 4.28. The highest BCUT2D eigenvalue weighted by Crippen LogP contribution is 2.32. The van der Waals surface area contributed by atoms with Crippen molar-refractivity contribution in [2.24, 2.45) is 5.10 Å². The Bertz CT molecular complexity index is 1290. The van der Waals surface area contributed by atoms with E-state index in [1.54, 1.807) is 25.3 Å². The molecular weight excluding hydrogens is 420 g/mol. The summed E-state index contributed by atoms with van der Waals surface area (Å²) in [6.07, 6.45) is 1.52. The van der Waals surface area contributed by atoms with E-state index in [0.29, 0.717) is 11.3 Å². The minimum absolute atomic E-state index is 0.218. The molecule has 2 heterocycles. The molecule has 0 spiro atoms. The van der Waals surface area contributed by atoms with Crippen LogP contribution in [0.15, 0.2) is 64.1 Å². The van der Waals surface area contributed by atoms with E-state index < -0.39 is 16.7 Å². The van der Waals surface area contributed by atoms with Crippen LogP contribution in [0.4, 0.5) is 11.0 Å². The number of hydrogen-bond acceptors (Lipinski definition) is 8. The largest absolute Gasteiger partial charge is 0.497 e. The van der Waals surface area contributed by atoms with Gasteiger partial charge in [-0.05, 0) is 36.8 Å². The van der Waals surface area contributed by atoms with Crippen LogP contribution in [0.25, 0.3) is 10.2 Å². The summed E-state index contributed by atoms with van der Waals surface area (Å²) in [5, 5.41) is 16.6. The third-order valence-electron chi connectivity index (χ3n) is 4.34. The fourth-order valence-electron chi connectivity index (χ4n) is 2.72. The van der Waals surface area contributed by atoms with Crippen LogP contribution in [-0.2, 0) is 0 Å². The lowest BCUT2D eigenvalue weighted by Crippen LogP contribution is -2.25. The normalized spacial score (nSPS) is 11.2. The number of ether oxygens (including phenoxy) is 1. The Labute approximate surface area is 180 Å². The van der Waals surface area contributed by atoms with E-state index >= 15 is 0 Å². The lowest BCUT2D eigenvalue weighted by molar-refractivity contribution is -0.402. The molecule has 10 heteroatoms. The van der Waals surface area contributed by atoms with Gasteiger partial charge < -0.3 is 9.15 Å². The quantitative estimate of drug-likeness (QED) is 0.244. The second kappa shape index (κ2) is 8.36. The Morgan fingerprint density at radius 3 is 2.68 bits per heavy atom. The number of hydrazone groups is 1. The first-order valence-electron chi connectivity index (χ1n) is 9.08. The van der Waals surface area contributed by atoms with Gasteiger partial charge in [-0.2, -0.15) is 10.1 Å². The van der Waals surface area contributed by atoms with Gasteiger partial charge in [0, 0.05) is 0 Å². The number of nitro groups is 1. The number of rotatable bonds is 6. The Morgan fingerprint density at radius 1 is 1.23 bits per heavy atom. The fourth-order valence-corrected chi connectivity index (χ4v) is 3.67. The summed E-state index contributed by atoms with van der Waals surface area (Å²) in [6, 6.07) is 15.3. The summed E-state index contributed by atoms with van der Waals surface area (Å²) < 4.78 is 11.1. The monoisotopic (exact) mass is 436 g/mol. The molecule has 1 amide bonds. The zero-order valence-electron chi connectivity index (χ0n) is 16.5. The van der Waals surface area contributed by atoms with Gasteiger partial charge in [0.2, 0.25) is 10.9 Å². The van der Waals surface area contributed by atoms with Crippen LogP contribution in [0, 0.1) is 17.0 Å². The van der Waals surface area contributed by atoms with Crippen LogP contribution < -0.4 is 9.75 Å². The first kappa shape index (κ1) is 20.2. The number of nitrogens with zero attached hydrogens (tertiary/aromatic N) is 4. The molecule has 0 atom stereocenters. The number of anilines is 1. The standard InChI is InChI=1S/C21H16N4O5S/c1-13-3-5-14(6-4-13)12-22-24(20(26)17-9-10-19(30-17)25(27)28)21-23-16-8-7-15(29-2)11-18(16)31-21/h3-12H,1-2H3/b22-12+. The Morgan fingerprint density at radius 2 is 2.00 bits per heavy atom. The molecular formula is C21H16N4O5S. The van der Waals surface area contributed by atoms with Crippen molar-refractivity contribution in [2.45, 2.75) is 6.92 Å². The first-order chi connectivity index (χ1) is 14.9. The first-order valence-corrected chi connectivity index (χ1v) is 9.90. The van der Waals surface area contributed by atoms with Crippen molar-refractivity contribution in [3.63, 3.8) is 0 Å². The molecule has 156 valence electrons. The highest BCUT2D eigenvalue weighted by atomic mass is 32.1. The Balaban J connectivity index is 1.75. The Kier molecular flexibility index (Phi) is 5.46. The molecule has 2 aromatic carbocycles. The van der Waals surface area contributed by atoms with Gasteiger partial charge in [0.25, 0.3) is 0 Å². The van der Waals surface area contributed by atoms with Crippen LogP contribution in [0.3, 0.4) is 0 Å². The van der Waals surface area contributed by atoms with E-state index in [4.69, 9.17) is 9.15 Å². The van der Waals surface area contributed by atoms with E-state index in [9.17, 15) is 14.9 Å². The molecule has 0 fully saturated rings. The number of thiazole rings is 1. The predicted octanol–water partition coefficient (Wildman–Crippen LogP) is 4.80. The lowest BCUT2D eigenvalue weighted by Gasteiger charge is -2.11. The molecule has 9 nitrogen and oxygen atoms in total. The molecule has 0 bridgehead atoms. The Hall–Kier alpha value is -4.05. The smallest absolute Gasteiger partial charge is 0.433 e. The minimum Gasteiger partial charge on any atom is -0.497 e. The summed E-state index contributed by atoms with van der Waals surface area (Å²) >= 11 is 1.23. The van der Waals surface area contributed by atoms with Gasteiger partial charge in [-0.15, -0.1) is 0 Å². The number of aryl methyl sites for hydroxylation is 1. The summed E-state index contributed by atoms with van der Waals surface area (Å²) in [5.41, 5.74) is 2.53. The number of furan rings is 1. The van der Waals surface area contributed by atoms with Crippen molar-refractivity contribution in [1.82, 2.24) is 4.98 Å². The van der Waals surface area contributed by atoms with E-state index in [1.165, 1.54) is 23.6 Å². The molecule has 0 unspecified atom stereocenters. The molecule has 0 aliphatic heterocycles. The predicted molar refractivity (Wildman–Crippen MR) is 117 cm³/mol. The molecule has 2 aromatic heterocycles. The number of carbonyl (C=O) groups is 1. The molecule has 0 N–H and O–H groups in total. The summed E-state index contributed by atoms with van der Waals surface area (Å²) in [6.45, 7) is 1.97. The highest BCUT2D eigenvalue weighted by Gasteiger charge is 2.26. The van der Waals surface area contributed by atoms with Gasteiger partial charge in [0.05, 0.1) is 29.6 Å².